The zero-order valence-corrected chi connectivity index (χ0v) is 13.9. The molecule has 0 radical (unpaired) electrons. The first-order chi connectivity index (χ1) is 6.64. The molecule has 3 heteroatoms. The van der Waals surface area contributed by atoms with Gasteiger partial charge >= 0.3 is 0 Å². The van der Waals surface area contributed by atoms with E-state index >= 15 is 0 Å². The Hall–Kier alpha value is 1.04. The van der Waals surface area contributed by atoms with E-state index < -0.39 is 0 Å². The SMILES string of the molecule is CC(C)(C)CSCC(CC(C)(C)C)OI. The van der Waals surface area contributed by atoms with Crippen LogP contribution in [0.3, 0.4) is 0 Å². The van der Waals surface area contributed by atoms with E-state index in [1.165, 1.54) is 5.75 Å². The highest BCUT2D eigenvalue weighted by Gasteiger charge is 2.20. The van der Waals surface area contributed by atoms with Crippen LogP contribution in [0.1, 0.15) is 48.0 Å². The smallest absolute Gasteiger partial charge is 0.110 e. The van der Waals surface area contributed by atoms with Crippen LogP contribution >= 0.6 is 34.8 Å². The Morgan fingerprint density at radius 2 is 1.60 bits per heavy atom. The van der Waals surface area contributed by atoms with Crippen LogP contribution < -0.4 is 0 Å². The normalized spacial score (nSPS) is 15.4. The van der Waals surface area contributed by atoms with Gasteiger partial charge in [-0.1, -0.05) is 41.5 Å². The van der Waals surface area contributed by atoms with Gasteiger partial charge in [0.15, 0.2) is 0 Å². The van der Waals surface area contributed by atoms with Gasteiger partial charge in [0.25, 0.3) is 0 Å². The topological polar surface area (TPSA) is 9.23 Å². The van der Waals surface area contributed by atoms with Crippen LogP contribution in [0.4, 0.5) is 0 Å². The fourth-order valence-electron chi connectivity index (χ4n) is 1.30. The van der Waals surface area contributed by atoms with Crippen molar-refractivity contribution in [2.75, 3.05) is 11.5 Å². The van der Waals surface area contributed by atoms with Gasteiger partial charge in [-0.3, -0.25) is 0 Å². The van der Waals surface area contributed by atoms with Crippen LogP contribution in [0.15, 0.2) is 0 Å². The number of rotatable bonds is 5. The van der Waals surface area contributed by atoms with E-state index in [0.717, 1.165) is 12.2 Å². The van der Waals surface area contributed by atoms with Gasteiger partial charge in [0, 0.05) is 5.75 Å². The second-order valence-electron chi connectivity index (χ2n) is 6.55. The van der Waals surface area contributed by atoms with Crippen LogP contribution in [-0.2, 0) is 3.07 Å². The minimum atomic E-state index is 0.359. The molecule has 0 N–H and O–H groups in total. The highest BCUT2D eigenvalue weighted by molar-refractivity contribution is 14.1. The Morgan fingerprint density at radius 1 is 1.07 bits per heavy atom. The van der Waals surface area contributed by atoms with Crippen molar-refractivity contribution in [1.82, 2.24) is 0 Å². The highest BCUT2D eigenvalue weighted by atomic mass is 127. The Bertz CT molecular complexity index is 169. The molecule has 0 bridgehead atoms. The van der Waals surface area contributed by atoms with Crippen LogP contribution in [-0.4, -0.2) is 17.6 Å². The summed E-state index contributed by atoms with van der Waals surface area (Å²) in [6.07, 6.45) is 1.52. The number of thioether (sulfide) groups is 1. The molecule has 1 nitrogen and oxygen atoms in total. The molecule has 0 saturated heterocycles. The van der Waals surface area contributed by atoms with Crippen molar-refractivity contribution < 1.29 is 3.07 Å². The van der Waals surface area contributed by atoms with Crippen molar-refractivity contribution in [2.24, 2.45) is 10.8 Å². The second kappa shape index (κ2) is 6.70. The van der Waals surface area contributed by atoms with Crippen molar-refractivity contribution in [3.8, 4) is 0 Å². The Morgan fingerprint density at radius 3 is 1.93 bits per heavy atom. The monoisotopic (exact) mass is 344 g/mol. The lowest BCUT2D eigenvalue weighted by Crippen LogP contribution is -2.21. The average molecular weight is 344 g/mol. The summed E-state index contributed by atoms with van der Waals surface area (Å²) in [5.41, 5.74) is 0.778. The zero-order valence-electron chi connectivity index (χ0n) is 10.9. The quantitative estimate of drug-likeness (QED) is 0.654. The van der Waals surface area contributed by atoms with Gasteiger partial charge in [0.05, 0.1) is 6.10 Å². The third-order valence-corrected chi connectivity index (χ3v) is 4.20. The van der Waals surface area contributed by atoms with E-state index in [1.54, 1.807) is 0 Å². The van der Waals surface area contributed by atoms with E-state index in [-0.39, 0.29) is 0 Å². The molecule has 1 atom stereocenters. The van der Waals surface area contributed by atoms with E-state index in [4.69, 9.17) is 3.07 Å². The van der Waals surface area contributed by atoms with Crippen molar-refractivity contribution in [3.63, 3.8) is 0 Å². The molecular formula is C12H25IOS. The van der Waals surface area contributed by atoms with E-state index in [9.17, 15) is 0 Å². The van der Waals surface area contributed by atoms with Gasteiger partial charge in [-0.15, -0.1) is 0 Å². The molecule has 0 aromatic heterocycles. The highest BCUT2D eigenvalue weighted by Crippen LogP contribution is 2.27. The van der Waals surface area contributed by atoms with Crippen LogP contribution in [0, 0.1) is 10.8 Å². The fourth-order valence-corrected chi connectivity index (χ4v) is 3.08. The number of hydrogen-bond acceptors (Lipinski definition) is 2. The molecule has 0 heterocycles. The number of hydrogen-bond donors (Lipinski definition) is 0. The standard InChI is InChI=1S/C12H25IOS/c1-11(2,3)7-10(14-13)8-15-9-12(4,5)6/h10H,7-9H2,1-6H3. The molecule has 0 rings (SSSR count). The Kier molecular flexibility index (Phi) is 7.16. The lowest BCUT2D eigenvalue weighted by atomic mass is 9.90. The summed E-state index contributed by atoms with van der Waals surface area (Å²) >= 11 is 4.04. The van der Waals surface area contributed by atoms with Crippen molar-refractivity contribution in [1.29, 1.82) is 0 Å². The molecule has 0 saturated carbocycles. The predicted molar refractivity (Wildman–Crippen MR) is 79.7 cm³/mol. The maximum absolute atomic E-state index is 5.49. The van der Waals surface area contributed by atoms with Crippen LogP contribution in [0.5, 0.6) is 0 Å². The maximum atomic E-state index is 5.49. The third-order valence-electron chi connectivity index (χ3n) is 1.80. The van der Waals surface area contributed by atoms with Gasteiger partial charge in [0.2, 0.25) is 0 Å². The summed E-state index contributed by atoms with van der Waals surface area (Å²) in [6, 6.07) is 0. The molecule has 1 unspecified atom stereocenters. The lowest BCUT2D eigenvalue weighted by molar-refractivity contribution is 0.216. The Labute approximate surface area is 114 Å². The second-order valence-corrected chi connectivity index (χ2v) is 8.09. The summed E-state index contributed by atoms with van der Waals surface area (Å²) < 4.78 is 5.49. The number of halogens is 1. The zero-order chi connectivity index (χ0) is 12.1. The first-order valence-corrected chi connectivity index (χ1v) is 7.53. The Balaban J connectivity index is 3.82. The van der Waals surface area contributed by atoms with Crippen LogP contribution in [0.25, 0.3) is 0 Å². The largest absolute Gasteiger partial charge is 0.312 e. The summed E-state index contributed by atoms with van der Waals surface area (Å²) in [5.74, 6) is 2.31. The molecule has 15 heavy (non-hydrogen) atoms. The van der Waals surface area contributed by atoms with Gasteiger partial charge in [-0.25, -0.2) is 0 Å². The van der Waals surface area contributed by atoms with E-state index in [0.29, 0.717) is 16.9 Å². The maximum Gasteiger partial charge on any atom is 0.110 e. The van der Waals surface area contributed by atoms with Gasteiger partial charge < -0.3 is 3.07 Å². The molecule has 0 fully saturated rings. The molecule has 0 spiro atoms. The minimum Gasteiger partial charge on any atom is -0.312 e. The lowest BCUT2D eigenvalue weighted by Gasteiger charge is -2.25. The summed E-state index contributed by atoms with van der Waals surface area (Å²) in [4.78, 5) is 0. The minimum absolute atomic E-state index is 0.359. The van der Waals surface area contributed by atoms with Crippen molar-refractivity contribution >= 4 is 34.8 Å². The first-order valence-electron chi connectivity index (χ1n) is 5.49. The summed E-state index contributed by atoms with van der Waals surface area (Å²) in [6.45, 7) is 13.6. The first kappa shape index (κ1) is 16.0. The molecule has 0 aliphatic carbocycles. The van der Waals surface area contributed by atoms with E-state index in [2.05, 4.69) is 41.5 Å². The molecule has 0 amide bonds. The molecular weight excluding hydrogens is 319 g/mol. The molecule has 0 aromatic rings. The average Bonchev–Trinajstić information content (AvgIpc) is 1.97. The van der Waals surface area contributed by atoms with Gasteiger partial charge in [0.1, 0.15) is 23.0 Å². The van der Waals surface area contributed by atoms with Gasteiger partial charge in [-0.2, -0.15) is 11.8 Å². The van der Waals surface area contributed by atoms with Crippen LogP contribution in [0.2, 0.25) is 0 Å². The molecule has 0 aromatic carbocycles. The summed E-state index contributed by atoms with van der Waals surface area (Å²) in [5, 5.41) is 0. The molecule has 0 aliphatic rings. The molecule has 92 valence electrons. The molecule has 0 aliphatic heterocycles. The van der Waals surface area contributed by atoms with Crippen molar-refractivity contribution in [2.45, 2.75) is 54.1 Å². The van der Waals surface area contributed by atoms with E-state index in [1.807, 2.05) is 34.8 Å². The summed E-state index contributed by atoms with van der Waals surface area (Å²) in [7, 11) is 0. The predicted octanol–water partition coefficient (Wildman–Crippen LogP) is 4.94. The fraction of sp³-hybridized carbons (Fsp3) is 1.00. The van der Waals surface area contributed by atoms with Crippen molar-refractivity contribution in [3.05, 3.63) is 0 Å². The van der Waals surface area contributed by atoms with Gasteiger partial charge in [-0.05, 0) is 23.0 Å². The third kappa shape index (κ3) is 11.3.